The van der Waals surface area contributed by atoms with Crippen LogP contribution in [-0.4, -0.2) is 21.2 Å². The molecule has 1 aromatic heterocycles. The van der Waals surface area contributed by atoms with Crippen LogP contribution in [0.25, 0.3) is 11.4 Å². The minimum atomic E-state index is 0.218. The quantitative estimate of drug-likeness (QED) is 0.642. The van der Waals surface area contributed by atoms with E-state index in [9.17, 15) is 0 Å². The lowest BCUT2D eigenvalue weighted by Gasteiger charge is -2.05. The highest BCUT2D eigenvalue weighted by atomic mass is 127. The highest BCUT2D eigenvalue weighted by molar-refractivity contribution is 14.1. The number of anilines is 1. The number of halogens is 2. The van der Waals surface area contributed by atoms with Gasteiger partial charge in [0.2, 0.25) is 5.95 Å². The first kappa shape index (κ1) is 12.8. The van der Waals surface area contributed by atoms with Crippen LogP contribution in [0.2, 0.25) is 5.02 Å². The second kappa shape index (κ2) is 5.36. The molecule has 0 saturated heterocycles. The number of rotatable bonds is 2. The summed E-state index contributed by atoms with van der Waals surface area (Å²) >= 11 is 9.60. The van der Waals surface area contributed by atoms with Crippen LogP contribution in [0, 0.1) is 3.57 Å². The number of hydrogen-bond donors (Lipinski definition) is 1. The second-order valence-corrected chi connectivity index (χ2v) is 5.50. The molecular weight excluding hydrogens is 371 g/mol. The molecule has 1 heterocycles. The van der Waals surface area contributed by atoms with Crippen LogP contribution in [0.5, 0.6) is 0 Å². The van der Waals surface area contributed by atoms with E-state index < -0.39 is 0 Å². The van der Waals surface area contributed by atoms with Crippen LogP contribution in [0.1, 0.15) is 0 Å². The Kier molecular flexibility index (Phi) is 4.05. The summed E-state index contributed by atoms with van der Waals surface area (Å²) in [4.78, 5) is 12.5. The minimum Gasteiger partial charge on any atom is -0.368 e. The minimum absolute atomic E-state index is 0.218. The van der Waals surface area contributed by atoms with Gasteiger partial charge in [-0.3, -0.25) is 0 Å². The third kappa shape index (κ3) is 2.99. The molecule has 0 spiro atoms. The molecule has 0 amide bonds. The molecule has 17 heavy (non-hydrogen) atoms. The molecule has 0 aliphatic rings. The van der Waals surface area contributed by atoms with Gasteiger partial charge in [-0.25, -0.2) is 4.98 Å². The number of hydrogen-bond acceptors (Lipinski definition) is 5. The summed E-state index contributed by atoms with van der Waals surface area (Å²) in [5, 5.41) is 1.24. The standard InChI is InChI=1S/C10H8ClIN4S/c1-17-10-15-8(14-9(13)16-10)6-4-5(11)2-3-7(6)12/h2-4H,1H3,(H2,13,14,15,16). The zero-order valence-corrected chi connectivity index (χ0v) is 12.5. The number of nitrogens with two attached hydrogens (primary N) is 1. The van der Waals surface area contributed by atoms with Crippen molar-refractivity contribution in [2.24, 2.45) is 0 Å². The molecule has 4 nitrogen and oxygen atoms in total. The third-order valence-electron chi connectivity index (χ3n) is 1.98. The molecule has 0 unspecified atom stereocenters. The van der Waals surface area contributed by atoms with E-state index in [4.69, 9.17) is 17.3 Å². The monoisotopic (exact) mass is 378 g/mol. The van der Waals surface area contributed by atoms with Gasteiger partial charge >= 0.3 is 0 Å². The molecular formula is C10H8ClIN4S. The molecule has 0 aliphatic carbocycles. The zero-order chi connectivity index (χ0) is 12.4. The van der Waals surface area contributed by atoms with Crippen LogP contribution in [-0.2, 0) is 0 Å². The molecule has 0 aliphatic heterocycles. The Morgan fingerprint density at radius 1 is 1.29 bits per heavy atom. The van der Waals surface area contributed by atoms with Crippen molar-refractivity contribution in [1.82, 2.24) is 15.0 Å². The van der Waals surface area contributed by atoms with E-state index in [1.807, 2.05) is 24.5 Å². The van der Waals surface area contributed by atoms with E-state index in [0.29, 0.717) is 16.0 Å². The predicted molar refractivity (Wildman–Crippen MR) is 79.2 cm³/mol. The number of nitrogens with zero attached hydrogens (tertiary/aromatic N) is 3. The molecule has 7 heteroatoms. The Morgan fingerprint density at radius 3 is 2.76 bits per heavy atom. The first-order chi connectivity index (χ1) is 8.10. The van der Waals surface area contributed by atoms with Gasteiger partial charge < -0.3 is 5.73 Å². The van der Waals surface area contributed by atoms with Gasteiger partial charge in [0, 0.05) is 14.2 Å². The predicted octanol–water partition coefficient (Wildman–Crippen LogP) is 3.10. The summed E-state index contributed by atoms with van der Waals surface area (Å²) in [5.41, 5.74) is 6.51. The van der Waals surface area contributed by atoms with Crippen LogP contribution in [0.15, 0.2) is 23.4 Å². The third-order valence-corrected chi connectivity index (χ3v) is 3.71. The fourth-order valence-electron chi connectivity index (χ4n) is 1.25. The number of thioether (sulfide) groups is 1. The van der Waals surface area contributed by atoms with Gasteiger partial charge in [0.05, 0.1) is 0 Å². The molecule has 1 aromatic carbocycles. The maximum absolute atomic E-state index is 5.97. The summed E-state index contributed by atoms with van der Waals surface area (Å²) in [5.74, 6) is 0.767. The maximum atomic E-state index is 5.97. The fourth-order valence-corrected chi connectivity index (χ4v) is 2.36. The van der Waals surface area contributed by atoms with Crippen LogP contribution < -0.4 is 5.73 Å². The van der Waals surface area contributed by atoms with Crippen molar-refractivity contribution in [2.75, 3.05) is 12.0 Å². The van der Waals surface area contributed by atoms with Crippen LogP contribution >= 0.6 is 46.0 Å². The number of nitrogen functional groups attached to an aromatic ring is 1. The smallest absolute Gasteiger partial charge is 0.224 e. The van der Waals surface area contributed by atoms with Gasteiger partial charge in [-0.1, -0.05) is 23.4 Å². The first-order valence-electron chi connectivity index (χ1n) is 4.61. The maximum Gasteiger partial charge on any atom is 0.224 e. The largest absolute Gasteiger partial charge is 0.368 e. The average molecular weight is 379 g/mol. The summed E-state index contributed by atoms with van der Waals surface area (Å²) in [7, 11) is 0. The van der Waals surface area contributed by atoms with Gasteiger partial charge in [0.15, 0.2) is 11.0 Å². The first-order valence-corrected chi connectivity index (χ1v) is 7.29. The Bertz CT molecular complexity index is 564. The molecule has 2 aromatic rings. The lowest BCUT2D eigenvalue weighted by atomic mass is 10.2. The Labute approximate surface area is 122 Å². The Morgan fingerprint density at radius 2 is 2.06 bits per heavy atom. The second-order valence-electron chi connectivity index (χ2n) is 3.13. The molecule has 88 valence electrons. The zero-order valence-electron chi connectivity index (χ0n) is 8.82. The Balaban J connectivity index is 2.59. The van der Waals surface area contributed by atoms with Crippen molar-refractivity contribution in [3.63, 3.8) is 0 Å². The number of aromatic nitrogens is 3. The van der Waals surface area contributed by atoms with E-state index in [0.717, 1.165) is 9.13 Å². The summed E-state index contributed by atoms with van der Waals surface area (Å²) < 4.78 is 1.02. The van der Waals surface area contributed by atoms with Gasteiger partial charge in [-0.2, -0.15) is 9.97 Å². The lowest BCUT2D eigenvalue weighted by molar-refractivity contribution is 0.927. The molecule has 2 rings (SSSR count). The summed E-state index contributed by atoms with van der Waals surface area (Å²) in [6.45, 7) is 0. The van der Waals surface area contributed by atoms with Gasteiger partial charge in [-0.05, 0) is 47.0 Å². The lowest BCUT2D eigenvalue weighted by Crippen LogP contribution is -2.02. The molecule has 0 bridgehead atoms. The molecule has 0 fully saturated rings. The normalized spacial score (nSPS) is 10.5. The van der Waals surface area contributed by atoms with E-state index in [1.54, 1.807) is 0 Å². The fraction of sp³-hybridized carbons (Fsp3) is 0.100. The summed E-state index contributed by atoms with van der Waals surface area (Å²) in [6, 6.07) is 5.56. The highest BCUT2D eigenvalue weighted by Crippen LogP contribution is 2.26. The molecule has 0 saturated carbocycles. The highest BCUT2D eigenvalue weighted by Gasteiger charge is 2.10. The van der Waals surface area contributed by atoms with Crippen molar-refractivity contribution in [3.8, 4) is 11.4 Å². The van der Waals surface area contributed by atoms with Gasteiger partial charge in [-0.15, -0.1) is 0 Å². The van der Waals surface area contributed by atoms with Crippen molar-refractivity contribution in [3.05, 3.63) is 26.8 Å². The molecule has 0 radical (unpaired) electrons. The Hall–Kier alpha value is -0.600. The van der Waals surface area contributed by atoms with E-state index in [1.165, 1.54) is 11.8 Å². The van der Waals surface area contributed by atoms with Crippen molar-refractivity contribution in [1.29, 1.82) is 0 Å². The van der Waals surface area contributed by atoms with Gasteiger partial charge in [0.25, 0.3) is 0 Å². The van der Waals surface area contributed by atoms with E-state index in [2.05, 4.69) is 37.5 Å². The van der Waals surface area contributed by atoms with Crippen molar-refractivity contribution >= 4 is 51.9 Å². The van der Waals surface area contributed by atoms with Crippen LogP contribution in [0.4, 0.5) is 5.95 Å². The van der Waals surface area contributed by atoms with Crippen molar-refractivity contribution < 1.29 is 0 Å². The van der Waals surface area contributed by atoms with Gasteiger partial charge in [0.1, 0.15) is 0 Å². The van der Waals surface area contributed by atoms with Crippen molar-refractivity contribution in [2.45, 2.75) is 5.16 Å². The molecule has 2 N–H and O–H groups in total. The summed E-state index contributed by atoms with van der Waals surface area (Å²) in [6.07, 6.45) is 1.89. The van der Waals surface area contributed by atoms with E-state index >= 15 is 0 Å². The molecule has 0 atom stereocenters. The van der Waals surface area contributed by atoms with Crippen LogP contribution in [0.3, 0.4) is 0 Å². The van der Waals surface area contributed by atoms with E-state index in [-0.39, 0.29) is 5.95 Å². The topological polar surface area (TPSA) is 64.7 Å². The SMILES string of the molecule is CSc1nc(N)nc(-c2cc(Cl)ccc2I)n1. The number of benzene rings is 1. The average Bonchev–Trinajstić information content (AvgIpc) is 2.31.